The minimum absolute atomic E-state index is 0.0856. The van der Waals surface area contributed by atoms with Crippen molar-refractivity contribution in [2.45, 2.75) is 13.5 Å². The molecule has 28 heavy (non-hydrogen) atoms. The Hall–Kier alpha value is -3.75. The molecule has 1 aliphatic rings. The van der Waals surface area contributed by atoms with Crippen LogP contribution >= 0.6 is 0 Å². The molecule has 0 aliphatic carbocycles. The molecule has 142 valence electrons. The van der Waals surface area contributed by atoms with Crippen molar-refractivity contribution >= 4 is 11.6 Å². The van der Waals surface area contributed by atoms with Gasteiger partial charge < -0.3 is 9.47 Å². The second-order valence-electron chi connectivity index (χ2n) is 6.10. The van der Waals surface area contributed by atoms with Crippen LogP contribution in [0.2, 0.25) is 0 Å². The van der Waals surface area contributed by atoms with E-state index in [4.69, 9.17) is 9.47 Å². The number of nitrogens with one attached hydrogen (secondary N) is 1. The number of hydrogen-bond donors (Lipinski definition) is 1. The fourth-order valence-electron chi connectivity index (χ4n) is 2.66. The molecule has 3 aromatic rings. The molecule has 1 N–H and O–H groups in total. The number of carbonyl (C=O) groups is 1. The van der Waals surface area contributed by atoms with Crippen molar-refractivity contribution in [3.05, 3.63) is 54.1 Å². The van der Waals surface area contributed by atoms with Gasteiger partial charge in [-0.3, -0.25) is 4.79 Å². The second-order valence-corrected chi connectivity index (χ2v) is 6.10. The third kappa shape index (κ3) is 3.98. The Bertz CT molecular complexity index is 1020. The summed E-state index contributed by atoms with van der Waals surface area (Å²) >= 11 is 0. The fourth-order valence-corrected chi connectivity index (χ4v) is 2.66. The van der Waals surface area contributed by atoms with Crippen LogP contribution in [-0.4, -0.2) is 45.0 Å². The van der Waals surface area contributed by atoms with Gasteiger partial charge in [-0.15, -0.1) is 10.2 Å². The first kappa shape index (κ1) is 17.7. The maximum atomic E-state index is 12.1. The first-order chi connectivity index (χ1) is 13.7. The van der Waals surface area contributed by atoms with Crippen LogP contribution in [-0.2, 0) is 11.3 Å². The molecule has 2 aromatic carbocycles. The number of nitrogens with zero attached hydrogens (tertiary/aromatic N) is 5. The normalized spacial score (nSPS) is 13.2. The summed E-state index contributed by atoms with van der Waals surface area (Å²) in [7, 11) is 0. The number of carbonyl (C=O) groups excluding carboxylic acids is 1. The van der Waals surface area contributed by atoms with Gasteiger partial charge in [0, 0.05) is 11.1 Å². The van der Waals surface area contributed by atoms with Gasteiger partial charge in [0.15, 0.2) is 11.5 Å². The average Bonchev–Trinajstić information content (AvgIpc) is 3.20. The number of benzene rings is 2. The summed E-state index contributed by atoms with van der Waals surface area (Å²) < 4.78 is 11.1. The number of ether oxygens (including phenoxy) is 2. The molecule has 0 unspecified atom stereocenters. The summed E-state index contributed by atoms with van der Waals surface area (Å²) in [5, 5.41) is 16.2. The van der Waals surface area contributed by atoms with Crippen LogP contribution in [0.15, 0.2) is 53.6 Å². The van der Waals surface area contributed by atoms with Gasteiger partial charge in [0.25, 0.3) is 5.91 Å². The lowest BCUT2D eigenvalue weighted by molar-refractivity contribution is -0.122. The summed E-state index contributed by atoms with van der Waals surface area (Å²) in [5.41, 5.74) is 4.81. The molecule has 9 heteroatoms. The van der Waals surface area contributed by atoms with Crippen LogP contribution in [0, 0.1) is 0 Å². The fraction of sp³-hybridized carbons (Fsp3) is 0.211. The quantitative estimate of drug-likeness (QED) is 0.535. The summed E-state index contributed by atoms with van der Waals surface area (Å²) in [6.07, 6.45) is 0. The van der Waals surface area contributed by atoms with E-state index in [0.29, 0.717) is 36.2 Å². The van der Waals surface area contributed by atoms with Crippen molar-refractivity contribution in [1.29, 1.82) is 0 Å². The lowest BCUT2D eigenvalue weighted by Crippen LogP contribution is -2.25. The largest absolute Gasteiger partial charge is 0.486 e. The highest BCUT2D eigenvalue weighted by atomic mass is 16.6. The van der Waals surface area contributed by atoms with E-state index in [0.717, 1.165) is 11.1 Å². The number of amides is 1. The predicted octanol–water partition coefficient (Wildman–Crippen LogP) is 1.65. The second kappa shape index (κ2) is 7.87. The van der Waals surface area contributed by atoms with E-state index in [1.165, 1.54) is 4.80 Å². The molecule has 0 radical (unpaired) electrons. The van der Waals surface area contributed by atoms with E-state index in [2.05, 4.69) is 25.9 Å². The van der Waals surface area contributed by atoms with Crippen LogP contribution in [0.3, 0.4) is 0 Å². The molecule has 9 nitrogen and oxygen atoms in total. The molecule has 0 bridgehead atoms. The van der Waals surface area contributed by atoms with Crippen molar-refractivity contribution in [2.24, 2.45) is 5.10 Å². The van der Waals surface area contributed by atoms with Crippen LogP contribution in [0.25, 0.3) is 11.4 Å². The lowest BCUT2D eigenvalue weighted by atomic mass is 10.1. The molecule has 1 aliphatic heterocycles. The van der Waals surface area contributed by atoms with Gasteiger partial charge in [-0.05, 0) is 30.3 Å². The Kier molecular flexibility index (Phi) is 4.96. The van der Waals surface area contributed by atoms with Crippen molar-refractivity contribution in [2.75, 3.05) is 13.2 Å². The van der Waals surface area contributed by atoms with E-state index in [-0.39, 0.29) is 12.5 Å². The number of rotatable bonds is 5. The number of tetrazole rings is 1. The maximum absolute atomic E-state index is 12.1. The minimum atomic E-state index is -0.353. The van der Waals surface area contributed by atoms with Crippen LogP contribution in [0.1, 0.15) is 12.5 Å². The third-order valence-corrected chi connectivity index (χ3v) is 4.08. The summed E-state index contributed by atoms with van der Waals surface area (Å²) in [6.45, 7) is 2.77. The Labute approximate surface area is 161 Å². The SMILES string of the molecule is C/C(=N/NC(=O)Cn1nnc(-c2ccccc2)n1)c1ccc2c(c1)OCCO2. The van der Waals surface area contributed by atoms with E-state index in [1.807, 2.05) is 48.5 Å². The molecule has 0 saturated carbocycles. The summed E-state index contributed by atoms with van der Waals surface area (Å²) in [6, 6.07) is 15.0. The highest BCUT2D eigenvalue weighted by Gasteiger charge is 2.13. The molecule has 2 heterocycles. The van der Waals surface area contributed by atoms with E-state index < -0.39 is 0 Å². The molecule has 1 amide bonds. The number of aromatic nitrogens is 4. The molecule has 4 rings (SSSR count). The van der Waals surface area contributed by atoms with Crippen LogP contribution in [0.4, 0.5) is 0 Å². The number of hydrazone groups is 1. The smallest absolute Gasteiger partial charge is 0.263 e. The zero-order valence-electron chi connectivity index (χ0n) is 15.2. The zero-order chi connectivity index (χ0) is 19.3. The van der Waals surface area contributed by atoms with Crippen molar-refractivity contribution in [3.63, 3.8) is 0 Å². The first-order valence-corrected chi connectivity index (χ1v) is 8.75. The maximum Gasteiger partial charge on any atom is 0.263 e. The Morgan fingerprint density at radius 2 is 1.93 bits per heavy atom. The standard InChI is InChI=1S/C19H18N6O3/c1-13(15-7-8-16-17(11-15)28-10-9-27-16)20-21-18(26)12-25-23-19(22-24-25)14-5-3-2-4-6-14/h2-8,11H,9-10,12H2,1H3,(H,21,26)/b20-13-. The van der Waals surface area contributed by atoms with Gasteiger partial charge in [0.2, 0.25) is 5.82 Å². The van der Waals surface area contributed by atoms with Gasteiger partial charge in [0.05, 0.1) is 5.71 Å². The molecule has 0 saturated heterocycles. The molecule has 1 aromatic heterocycles. The monoisotopic (exact) mass is 378 g/mol. The van der Waals surface area contributed by atoms with Gasteiger partial charge >= 0.3 is 0 Å². The van der Waals surface area contributed by atoms with Gasteiger partial charge in [-0.2, -0.15) is 9.90 Å². The predicted molar refractivity (Wildman–Crippen MR) is 101 cm³/mol. The highest BCUT2D eigenvalue weighted by Crippen LogP contribution is 2.30. The molecular formula is C19H18N6O3. The summed E-state index contributed by atoms with van der Waals surface area (Å²) in [5.74, 6) is 1.49. The van der Waals surface area contributed by atoms with Crippen molar-refractivity contribution in [3.8, 4) is 22.9 Å². The van der Waals surface area contributed by atoms with Crippen LogP contribution in [0.5, 0.6) is 11.5 Å². The number of fused-ring (bicyclic) bond motifs is 1. The first-order valence-electron chi connectivity index (χ1n) is 8.75. The summed E-state index contributed by atoms with van der Waals surface area (Å²) in [4.78, 5) is 13.4. The zero-order valence-corrected chi connectivity index (χ0v) is 15.2. The van der Waals surface area contributed by atoms with E-state index in [1.54, 1.807) is 6.92 Å². The van der Waals surface area contributed by atoms with Gasteiger partial charge in [-0.1, -0.05) is 30.3 Å². The van der Waals surface area contributed by atoms with E-state index in [9.17, 15) is 4.79 Å². The molecule has 0 spiro atoms. The van der Waals surface area contributed by atoms with Crippen molar-refractivity contribution in [1.82, 2.24) is 25.6 Å². The average molecular weight is 378 g/mol. The topological polar surface area (TPSA) is 104 Å². The Morgan fingerprint density at radius 3 is 2.75 bits per heavy atom. The van der Waals surface area contributed by atoms with Gasteiger partial charge in [0.1, 0.15) is 19.8 Å². The van der Waals surface area contributed by atoms with Crippen LogP contribution < -0.4 is 14.9 Å². The van der Waals surface area contributed by atoms with Gasteiger partial charge in [-0.25, -0.2) is 5.43 Å². The molecular weight excluding hydrogens is 360 g/mol. The Morgan fingerprint density at radius 1 is 1.14 bits per heavy atom. The minimum Gasteiger partial charge on any atom is -0.486 e. The van der Waals surface area contributed by atoms with E-state index >= 15 is 0 Å². The molecule has 0 fully saturated rings. The van der Waals surface area contributed by atoms with Crippen molar-refractivity contribution < 1.29 is 14.3 Å². The highest BCUT2D eigenvalue weighted by molar-refractivity contribution is 5.99. The lowest BCUT2D eigenvalue weighted by Gasteiger charge is -2.18. The Balaban J connectivity index is 1.38. The third-order valence-electron chi connectivity index (χ3n) is 4.08. The molecule has 0 atom stereocenters. The number of hydrogen-bond acceptors (Lipinski definition) is 7.